The second-order valence-corrected chi connectivity index (χ2v) is 9.45. The molecular formula is C32H30B2F8N10Pd. The number of aromatic nitrogens is 8. The Morgan fingerprint density at radius 3 is 1.08 bits per heavy atom. The summed E-state index contributed by atoms with van der Waals surface area (Å²) in [5, 5.41) is 31.1. The SMILES string of the molecule is CC#N.CC#N.F[B-](F)(F)F.F[B-](F)(F)F.[Pd+2].c1ccc(Cc2cn(-c3ccccn3)nn2)cc1.c1ccc(Cc2cn(-c3ccccn3)nn2)cc1. The van der Waals surface area contributed by atoms with Crippen molar-refractivity contribution in [2.75, 3.05) is 0 Å². The van der Waals surface area contributed by atoms with Crippen LogP contribution in [-0.4, -0.2) is 54.5 Å². The molecule has 53 heavy (non-hydrogen) atoms. The zero-order valence-corrected chi connectivity index (χ0v) is 29.5. The second-order valence-electron chi connectivity index (χ2n) is 9.45. The molecule has 6 rings (SSSR count). The average Bonchev–Trinajstić information content (AvgIpc) is 3.76. The van der Waals surface area contributed by atoms with E-state index >= 15 is 0 Å². The summed E-state index contributed by atoms with van der Waals surface area (Å²) in [6.07, 6.45) is 8.88. The molecule has 0 unspecified atom stereocenters. The van der Waals surface area contributed by atoms with E-state index in [4.69, 9.17) is 10.5 Å². The van der Waals surface area contributed by atoms with Crippen molar-refractivity contribution in [3.8, 4) is 23.8 Å². The molecule has 0 bridgehead atoms. The Morgan fingerprint density at radius 1 is 0.528 bits per heavy atom. The Kier molecular flexibility index (Phi) is 23.2. The molecule has 4 heterocycles. The third-order valence-corrected chi connectivity index (χ3v) is 5.31. The smallest absolute Gasteiger partial charge is 0.418 e. The van der Waals surface area contributed by atoms with Crippen LogP contribution in [0.5, 0.6) is 0 Å². The van der Waals surface area contributed by atoms with E-state index in [1.807, 2.05) is 85.2 Å². The fourth-order valence-corrected chi connectivity index (χ4v) is 3.57. The predicted octanol–water partition coefficient (Wildman–Crippen LogP) is 8.16. The number of pyridine rings is 2. The Bertz CT molecular complexity index is 1740. The fraction of sp³-hybridized carbons (Fsp3) is 0.125. The van der Waals surface area contributed by atoms with E-state index in [-0.39, 0.29) is 20.4 Å². The van der Waals surface area contributed by atoms with Gasteiger partial charge in [0, 0.05) is 39.1 Å². The summed E-state index contributed by atoms with van der Waals surface area (Å²) in [6, 6.07) is 35.4. The first-order chi connectivity index (χ1) is 24.7. The van der Waals surface area contributed by atoms with Crippen molar-refractivity contribution in [1.82, 2.24) is 40.0 Å². The maximum atomic E-state index is 9.75. The zero-order valence-electron chi connectivity index (χ0n) is 27.9. The van der Waals surface area contributed by atoms with Crippen molar-refractivity contribution in [2.24, 2.45) is 0 Å². The van der Waals surface area contributed by atoms with Gasteiger partial charge in [0.1, 0.15) is 0 Å². The molecule has 0 fully saturated rings. The number of benzene rings is 2. The van der Waals surface area contributed by atoms with Crippen molar-refractivity contribution in [2.45, 2.75) is 26.7 Å². The molecule has 0 saturated carbocycles. The minimum atomic E-state index is -6.00. The van der Waals surface area contributed by atoms with Gasteiger partial charge in [-0.3, -0.25) is 0 Å². The van der Waals surface area contributed by atoms with Crippen LogP contribution in [0.25, 0.3) is 11.6 Å². The van der Waals surface area contributed by atoms with Crippen LogP contribution >= 0.6 is 0 Å². The molecular weight excluding hydrogens is 804 g/mol. The number of nitrogens with zero attached hydrogens (tertiary/aromatic N) is 10. The number of rotatable bonds is 6. The summed E-state index contributed by atoms with van der Waals surface area (Å²) >= 11 is 0. The van der Waals surface area contributed by atoms with Crippen LogP contribution in [0.4, 0.5) is 34.5 Å². The minimum absolute atomic E-state index is 0. The van der Waals surface area contributed by atoms with Gasteiger partial charge in [0.25, 0.3) is 0 Å². The van der Waals surface area contributed by atoms with Gasteiger partial charge in [-0.05, 0) is 35.4 Å². The van der Waals surface area contributed by atoms with E-state index in [2.05, 4.69) is 54.9 Å². The quantitative estimate of drug-likeness (QED) is 0.121. The Hall–Kier alpha value is -5.77. The van der Waals surface area contributed by atoms with Gasteiger partial charge in [-0.15, -0.1) is 10.2 Å². The van der Waals surface area contributed by atoms with Crippen LogP contribution < -0.4 is 0 Å². The summed E-state index contributed by atoms with van der Waals surface area (Å²) in [4.78, 5) is 8.46. The van der Waals surface area contributed by atoms with Gasteiger partial charge in [0.2, 0.25) is 0 Å². The van der Waals surface area contributed by atoms with Gasteiger partial charge in [-0.1, -0.05) is 83.2 Å². The van der Waals surface area contributed by atoms with E-state index in [0.29, 0.717) is 0 Å². The largest absolute Gasteiger partial charge is 2.00 e. The van der Waals surface area contributed by atoms with Gasteiger partial charge in [0.05, 0.1) is 35.9 Å². The molecule has 280 valence electrons. The molecule has 0 atom stereocenters. The molecule has 0 aliphatic carbocycles. The van der Waals surface area contributed by atoms with E-state index in [1.165, 1.54) is 25.0 Å². The third kappa shape index (κ3) is 24.9. The summed E-state index contributed by atoms with van der Waals surface area (Å²) in [7, 11) is -12.0. The molecule has 0 aliphatic heterocycles. The first-order valence-corrected chi connectivity index (χ1v) is 14.8. The van der Waals surface area contributed by atoms with Crippen LogP contribution in [-0.2, 0) is 33.3 Å². The van der Waals surface area contributed by atoms with Crippen LogP contribution in [0.1, 0.15) is 36.4 Å². The molecule has 0 amide bonds. The van der Waals surface area contributed by atoms with Gasteiger partial charge >= 0.3 is 34.9 Å². The maximum absolute atomic E-state index is 9.75. The maximum Gasteiger partial charge on any atom is 2.00 e. The Labute approximate surface area is 314 Å². The molecule has 0 saturated heterocycles. The third-order valence-electron chi connectivity index (χ3n) is 5.31. The minimum Gasteiger partial charge on any atom is -0.418 e. The van der Waals surface area contributed by atoms with E-state index < -0.39 is 14.5 Å². The van der Waals surface area contributed by atoms with Crippen molar-refractivity contribution >= 4 is 14.5 Å². The van der Waals surface area contributed by atoms with Gasteiger partial charge < -0.3 is 34.5 Å². The molecule has 6 aromatic rings. The van der Waals surface area contributed by atoms with E-state index in [1.54, 1.807) is 33.9 Å². The monoisotopic (exact) mass is 834 g/mol. The Morgan fingerprint density at radius 2 is 0.811 bits per heavy atom. The van der Waals surface area contributed by atoms with E-state index in [9.17, 15) is 34.5 Å². The van der Waals surface area contributed by atoms with Crippen molar-refractivity contribution in [3.05, 3.63) is 144 Å². The standard InChI is InChI=1S/2C14H12N4.2C2H3N.2BF4.Pd/c2*1-2-6-12(7-3-1)10-13-11-18(17-16-13)14-8-4-5-9-15-14;2*1-2-3;2*2-1(3,4)5;/h2*1-9,11H,10H2;2*1H3;;;/q;;;;2*-1;+2. The molecule has 0 aliphatic rings. The second kappa shape index (κ2) is 26.1. The number of halogens is 8. The van der Waals surface area contributed by atoms with Gasteiger partial charge in [-0.25, -0.2) is 19.3 Å². The van der Waals surface area contributed by atoms with E-state index in [0.717, 1.165) is 35.9 Å². The topological polar surface area (TPSA) is 135 Å². The van der Waals surface area contributed by atoms with Gasteiger partial charge in [0.15, 0.2) is 11.6 Å². The Balaban J connectivity index is 0.000000723. The van der Waals surface area contributed by atoms with Crippen LogP contribution in [0.3, 0.4) is 0 Å². The fourth-order valence-electron chi connectivity index (χ4n) is 3.57. The number of nitriles is 2. The molecule has 4 aromatic heterocycles. The molecule has 10 nitrogen and oxygen atoms in total. The summed E-state index contributed by atoms with van der Waals surface area (Å²) < 4.78 is 81.4. The van der Waals surface area contributed by atoms with Gasteiger partial charge in [-0.2, -0.15) is 10.5 Å². The average molecular weight is 835 g/mol. The normalized spacial score (nSPS) is 9.66. The first-order valence-electron chi connectivity index (χ1n) is 14.8. The summed E-state index contributed by atoms with van der Waals surface area (Å²) in [6.45, 7) is 2.86. The summed E-state index contributed by atoms with van der Waals surface area (Å²) in [5.74, 6) is 1.56. The van der Waals surface area contributed by atoms with Crippen molar-refractivity contribution < 1.29 is 54.9 Å². The molecule has 21 heteroatoms. The number of hydrogen-bond donors (Lipinski definition) is 0. The molecule has 0 spiro atoms. The zero-order chi connectivity index (χ0) is 38.8. The van der Waals surface area contributed by atoms with Crippen molar-refractivity contribution in [3.63, 3.8) is 0 Å². The van der Waals surface area contributed by atoms with Crippen LogP contribution in [0, 0.1) is 22.7 Å². The first kappa shape index (κ1) is 47.2. The predicted molar refractivity (Wildman–Crippen MR) is 180 cm³/mol. The number of hydrogen-bond acceptors (Lipinski definition) is 8. The summed E-state index contributed by atoms with van der Waals surface area (Å²) in [5.41, 5.74) is 4.33. The van der Waals surface area contributed by atoms with Crippen LogP contribution in [0.15, 0.2) is 122 Å². The molecule has 0 N–H and O–H groups in total. The molecule has 2 aromatic carbocycles. The molecule has 0 radical (unpaired) electrons. The van der Waals surface area contributed by atoms with Crippen molar-refractivity contribution in [1.29, 1.82) is 10.5 Å². The van der Waals surface area contributed by atoms with Crippen LogP contribution in [0.2, 0.25) is 0 Å².